The largest absolute Gasteiger partial charge is 0.459 e. The van der Waals surface area contributed by atoms with Crippen LogP contribution in [0.3, 0.4) is 0 Å². The van der Waals surface area contributed by atoms with Crippen molar-refractivity contribution in [2.24, 2.45) is 0 Å². The zero-order valence-corrected chi connectivity index (χ0v) is 10.7. The molecule has 5 heteroatoms. The van der Waals surface area contributed by atoms with Crippen molar-refractivity contribution in [2.75, 3.05) is 11.4 Å². The predicted octanol–water partition coefficient (Wildman–Crippen LogP) is 4.02. The number of hydrogen-bond acceptors (Lipinski definition) is 3. The molecule has 1 aromatic carbocycles. The number of fused-ring (bicyclic) bond motifs is 1. The first-order chi connectivity index (χ1) is 8.70. The number of carbonyl (C=O) groups is 1. The van der Waals surface area contributed by atoms with Gasteiger partial charge in [0, 0.05) is 17.2 Å². The maximum Gasteiger partial charge on any atom is 0.286 e. The monoisotopic (exact) mass is 265 g/mol. The van der Waals surface area contributed by atoms with Gasteiger partial charge in [-0.05, 0) is 18.6 Å². The number of benzene rings is 1. The molecule has 3 nitrogen and oxygen atoms in total. The Balaban J connectivity index is 2.05. The first kappa shape index (κ1) is 11.6. The first-order valence-corrected chi connectivity index (χ1v) is 6.72. The average Bonchev–Trinajstić information content (AvgIpc) is 2.93. The van der Waals surface area contributed by atoms with Gasteiger partial charge in [-0.15, -0.1) is 0 Å². The third-order valence-electron chi connectivity index (χ3n) is 3.15. The molecule has 1 fully saturated rings. The van der Waals surface area contributed by atoms with Gasteiger partial charge in [-0.3, -0.25) is 9.69 Å². The van der Waals surface area contributed by atoms with E-state index in [0.717, 1.165) is 6.42 Å². The lowest BCUT2D eigenvalue weighted by molar-refractivity contribution is 0.266. The summed E-state index contributed by atoms with van der Waals surface area (Å²) in [5.41, 5.74) is 0.878. The maximum atomic E-state index is 13.5. The van der Waals surface area contributed by atoms with Crippen molar-refractivity contribution in [3.05, 3.63) is 30.3 Å². The number of furan rings is 1. The number of halogens is 1. The van der Waals surface area contributed by atoms with E-state index in [1.54, 1.807) is 17.0 Å². The number of carbonyl (C=O) groups excluding carboxylic acids is 1. The van der Waals surface area contributed by atoms with E-state index < -0.39 is 5.82 Å². The van der Waals surface area contributed by atoms with Crippen molar-refractivity contribution in [2.45, 2.75) is 18.6 Å². The zero-order chi connectivity index (χ0) is 12.7. The van der Waals surface area contributed by atoms with Crippen molar-refractivity contribution in [3.8, 4) is 0 Å². The quantitative estimate of drug-likeness (QED) is 0.822. The lowest BCUT2D eigenvalue weighted by Crippen LogP contribution is -2.23. The van der Waals surface area contributed by atoms with Crippen molar-refractivity contribution in [1.29, 1.82) is 0 Å². The fourth-order valence-electron chi connectivity index (χ4n) is 2.15. The number of thioether (sulfide) groups is 1. The van der Waals surface area contributed by atoms with E-state index in [1.165, 1.54) is 24.1 Å². The third-order valence-corrected chi connectivity index (χ3v) is 4.39. The minimum atomic E-state index is -0.398. The molecule has 2 heterocycles. The van der Waals surface area contributed by atoms with Crippen molar-refractivity contribution in [1.82, 2.24) is 0 Å². The molecule has 0 unspecified atom stereocenters. The van der Waals surface area contributed by atoms with Gasteiger partial charge in [-0.1, -0.05) is 24.8 Å². The molecule has 0 aliphatic carbocycles. The molecule has 0 radical (unpaired) electrons. The molecule has 0 bridgehead atoms. The van der Waals surface area contributed by atoms with Crippen molar-refractivity contribution >= 4 is 33.7 Å². The predicted molar refractivity (Wildman–Crippen MR) is 70.6 cm³/mol. The Morgan fingerprint density at radius 3 is 3.11 bits per heavy atom. The number of hydrogen-bond donors (Lipinski definition) is 0. The summed E-state index contributed by atoms with van der Waals surface area (Å²) in [4.78, 5) is 13.6. The highest BCUT2D eigenvalue weighted by Crippen LogP contribution is 2.37. The van der Waals surface area contributed by atoms with Gasteiger partial charge in [0.05, 0.1) is 5.69 Å². The van der Waals surface area contributed by atoms with Crippen LogP contribution in [0.25, 0.3) is 11.0 Å². The van der Waals surface area contributed by atoms with Gasteiger partial charge < -0.3 is 4.42 Å². The lowest BCUT2D eigenvalue weighted by atomic mass is 10.2. The summed E-state index contributed by atoms with van der Waals surface area (Å²) in [6.45, 7) is 2.72. The van der Waals surface area contributed by atoms with Crippen LogP contribution in [0.4, 0.5) is 14.9 Å². The van der Waals surface area contributed by atoms with Gasteiger partial charge >= 0.3 is 0 Å². The van der Waals surface area contributed by atoms with Crippen LogP contribution in [-0.2, 0) is 0 Å². The highest BCUT2D eigenvalue weighted by molar-refractivity contribution is 8.14. The van der Waals surface area contributed by atoms with Crippen LogP contribution in [0.1, 0.15) is 13.3 Å². The average molecular weight is 265 g/mol. The van der Waals surface area contributed by atoms with Crippen LogP contribution in [-0.4, -0.2) is 17.0 Å². The van der Waals surface area contributed by atoms with Crippen LogP contribution in [0.15, 0.2) is 28.9 Å². The summed E-state index contributed by atoms with van der Waals surface area (Å²) < 4.78 is 18.8. The van der Waals surface area contributed by atoms with E-state index in [9.17, 15) is 9.18 Å². The fourth-order valence-corrected chi connectivity index (χ4v) is 3.12. The molecular formula is C13H12FNO2S. The normalized spacial score (nSPS) is 20.0. The highest BCUT2D eigenvalue weighted by atomic mass is 32.2. The minimum absolute atomic E-state index is 0.00816. The number of nitrogens with zero attached hydrogens (tertiary/aromatic N) is 1. The molecule has 0 N–H and O–H groups in total. The zero-order valence-electron chi connectivity index (χ0n) is 9.85. The van der Waals surface area contributed by atoms with E-state index in [-0.39, 0.29) is 10.8 Å². The Labute approximate surface area is 108 Å². The summed E-state index contributed by atoms with van der Waals surface area (Å²) in [5, 5.41) is 0.963. The summed E-state index contributed by atoms with van der Waals surface area (Å²) in [6.07, 6.45) is 2.40. The molecular weight excluding hydrogens is 253 g/mol. The van der Waals surface area contributed by atoms with E-state index in [0.29, 0.717) is 22.9 Å². The van der Waals surface area contributed by atoms with Crippen molar-refractivity contribution < 1.29 is 13.6 Å². The second-order valence-electron chi connectivity index (χ2n) is 4.26. The maximum absolute atomic E-state index is 13.5. The molecule has 1 aliphatic heterocycles. The van der Waals surface area contributed by atoms with E-state index in [2.05, 4.69) is 6.92 Å². The Kier molecular flexibility index (Phi) is 2.78. The van der Waals surface area contributed by atoms with Gasteiger partial charge in [0.2, 0.25) is 0 Å². The molecule has 94 valence electrons. The third kappa shape index (κ3) is 1.70. The molecule has 3 rings (SSSR count). The molecule has 1 atom stereocenters. The fraction of sp³-hybridized carbons (Fsp3) is 0.308. The molecule has 1 aromatic heterocycles. The molecule has 2 aromatic rings. The van der Waals surface area contributed by atoms with Gasteiger partial charge in [0.25, 0.3) is 5.24 Å². The SMILES string of the molecule is CC[C@H]1CN(c2coc3c(F)cccc23)C(=O)S1. The second-order valence-corrected chi connectivity index (χ2v) is 5.51. The molecule has 0 saturated carbocycles. The summed E-state index contributed by atoms with van der Waals surface area (Å²) >= 11 is 1.34. The van der Waals surface area contributed by atoms with Crippen LogP contribution in [0.5, 0.6) is 0 Å². The van der Waals surface area contributed by atoms with Crippen LogP contribution in [0, 0.1) is 5.82 Å². The Bertz CT molecular complexity index is 610. The number of rotatable bonds is 2. The summed E-state index contributed by atoms with van der Waals surface area (Å²) in [6, 6.07) is 4.75. The smallest absolute Gasteiger partial charge is 0.286 e. The Morgan fingerprint density at radius 2 is 2.39 bits per heavy atom. The molecule has 18 heavy (non-hydrogen) atoms. The molecule has 1 saturated heterocycles. The topological polar surface area (TPSA) is 33.5 Å². The van der Waals surface area contributed by atoms with E-state index in [4.69, 9.17) is 4.42 Å². The molecule has 1 amide bonds. The standard InChI is InChI=1S/C13H12FNO2S/c1-2-8-6-15(13(16)18-8)11-7-17-12-9(11)4-3-5-10(12)14/h3-5,7-8H,2,6H2,1H3/t8-/m0/s1. The minimum Gasteiger partial charge on any atom is -0.459 e. The number of amides is 1. The molecule has 1 aliphatic rings. The van der Waals surface area contributed by atoms with Crippen molar-refractivity contribution in [3.63, 3.8) is 0 Å². The van der Waals surface area contributed by atoms with Crippen LogP contribution in [0.2, 0.25) is 0 Å². The van der Waals surface area contributed by atoms with Gasteiger partial charge in [-0.2, -0.15) is 0 Å². The Hall–Kier alpha value is -1.49. The van der Waals surface area contributed by atoms with Gasteiger partial charge in [0.15, 0.2) is 11.4 Å². The van der Waals surface area contributed by atoms with Crippen LogP contribution < -0.4 is 4.90 Å². The number of para-hydroxylation sites is 1. The highest BCUT2D eigenvalue weighted by Gasteiger charge is 2.32. The summed E-state index contributed by atoms with van der Waals surface area (Å²) in [5.74, 6) is -0.398. The summed E-state index contributed by atoms with van der Waals surface area (Å²) in [7, 11) is 0. The van der Waals surface area contributed by atoms with Crippen LogP contribution >= 0.6 is 11.8 Å². The molecule has 0 spiro atoms. The second kappa shape index (κ2) is 4.31. The number of anilines is 1. The van der Waals surface area contributed by atoms with Gasteiger partial charge in [0.1, 0.15) is 6.26 Å². The van der Waals surface area contributed by atoms with Gasteiger partial charge in [-0.25, -0.2) is 4.39 Å². The van der Waals surface area contributed by atoms with E-state index >= 15 is 0 Å². The van der Waals surface area contributed by atoms with E-state index in [1.807, 2.05) is 0 Å². The Morgan fingerprint density at radius 1 is 1.56 bits per heavy atom. The lowest BCUT2D eigenvalue weighted by Gasteiger charge is -2.13. The first-order valence-electron chi connectivity index (χ1n) is 5.84.